The van der Waals surface area contributed by atoms with Crippen LogP contribution in [0.1, 0.15) is 39.0 Å². The summed E-state index contributed by atoms with van der Waals surface area (Å²) in [7, 11) is 1.86. The van der Waals surface area contributed by atoms with Gasteiger partial charge in [-0.1, -0.05) is 19.3 Å². The zero-order chi connectivity index (χ0) is 11.4. The average Bonchev–Trinajstić information content (AvgIpc) is 2.29. The Bertz CT molecular complexity index is 345. The second-order valence-corrected chi connectivity index (χ2v) is 4.79. The van der Waals surface area contributed by atoms with Gasteiger partial charge in [-0.25, -0.2) is 4.98 Å². The summed E-state index contributed by atoms with van der Waals surface area (Å²) in [5.41, 5.74) is 0.194. The normalized spacial score (nSPS) is 19.1. The van der Waals surface area contributed by atoms with E-state index < -0.39 is 0 Å². The van der Waals surface area contributed by atoms with Crippen molar-refractivity contribution in [3.63, 3.8) is 0 Å². The zero-order valence-electron chi connectivity index (χ0n) is 10.1. The molecule has 2 rings (SSSR count). The predicted octanol–water partition coefficient (Wildman–Crippen LogP) is 2.65. The van der Waals surface area contributed by atoms with Crippen molar-refractivity contribution in [1.29, 1.82) is 0 Å². The molecule has 1 aliphatic rings. The lowest BCUT2D eigenvalue weighted by Crippen LogP contribution is -2.37. The number of aromatic nitrogens is 2. The Balaban J connectivity index is 2.07. The highest BCUT2D eigenvalue weighted by Gasteiger charge is 2.26. The molecule has 1 aromatic heterocycles. The van der Waals surface area contributed by atoms with E-state index in [4.69, 9.17) is 0 Å². The molecule has 0 aromatic carbocycles. The molecule has 0 aliphatic heterocycles. The van der Waals surface area contributed by atoms with E-state index in [1.54, 1.807) is 12.4 Å². The summed E-state index contributed by atoms with van der Waals surface area (Å²) >= 11 is 0. The van der Waals surface area contributed by atoms with E-state index >= 15 is 0 Å². The van der Waals surface area contributed by atoms with E-state index in [9.17, 15) is 0 Å². The van der Waals surface area contributed by atoms with Crippen LogP contribution >= 0.6 is 0 Å². The van der Waals surface area contributed by atoms with Crippen LogP contribution in [0.15, 0.2) is 12.4 Å². The molecular formula is C12H20N4. The molecule has 1 aromatic rings. The summed E-state index contributed by atoms with van der Waals surface area (Å²) in [4.78, 5) is 8.61. The van der Waals surface area contributed by atoms with Crippen LogP contribution in [-0.2, 0) is 0 Å². The third-order valence-corrected chi connectivity index (χ3v) is 3.28. The first kappa shape index (κ1) is 11.2. The first-order chi connectivity index (χ1) is 7.72. The van der Waals surface area contributed by atoms with Crippen molar-refractivity contribution < 1.29 is 0 Å². The molecule has 1 heterocycles. The molecule has 4 heteroatoms. The summed E-state index contributed by atoms with van der Waals surface area (Å²) in [5, 5.41) is 6.52. The van der Waals surface area contributed by atoms with Crippen molar-refractivity contribution in [2.45, 2.75) is 44.6 Å². The molecule has 88 valence electrons. The zero-order valence-corrected chi connectivity index (χ0v) is 10.1. The Kier molecular flexibility index (Phi) is 3.27. The van der Waals surface area contributed by atoms with Crippen molar-refractivity contribution >= 4 is 11.6 Å². The second-order valence-electron chi connectivity index (χ2n) is 4.79. The third kappa shape index (κ3) is 2.62. The fraction of sp³-hybridized carbons (Fsp3) is 0.667. The van der Waals surface area contributed by atoms with Crippen molar-refractivity contribution in [2.24, 2.45) is 0 Å². The lowest BCUT2D eigenvalue weighted by molar-refractivity contribution is 0.348. The van der Waals surface area contributed by atoms with Crippen LogP contribution in [0.5, 0.6) is 0 Å². The van der Waals surface area contributed by atoms with E-state index in [2.05, 4.69) is 27.5 Å². The minimum absolute atomic E-state index is 0.194. The van der Waals surface area contributed by atoms with Gasteiger partial charge in [0.05, 0.1) is 12.4 Å². The first-order valence-electron chi connectivity index (χ1n) is 6.00. The first-order valence-corrected chi connectivity index (χ1v) is 6.00. The molecular weight excluding hydrogens is 200 g/mol. The molecule has 0 atom stereocenters. The number of anilines is 2. The fourth-order valence-corrected chi connectivity index (χ4v) is 2.31. The number of nitrogens with zero attached hydrogens (tertiary/aromatic N) is 2. The monoisotopic (exact) mass is 220 g/mol. The van der Waals surface area contributed by atoms with Crippen LogP contribution in [0.25, 0.3) is 0 Å². The van der Waals surface area contributed by atoms with Gasteiger partial charge in [-0.05, 0) is 19.8 Å². The van der Waals surface area contributed by atoms with Gasteiger partial charge in [0.1, 0.15) is 11.6 Å². The highest BCUT2D eigenvalue weighted by molar-refractivity contribution is 5.42. The van der Waals surface area contributed by atoms with Gasteiger partial charge in [0.15, 0.2) is 0 Å². The topological polar surface area (TPSA) is 49.8 Å². The van der Waals surface area contributed by atoms with Crippen molar-refractivity contribution in [1.82, 2.24) is 9.97 Å². The number of nitrogens with one attached hydrogen (secondary N) is 2. The van der Waals surface area contributed by atoms with Crippen LogP contribution in [0.4, 0.5) is 11.6 Å². The minimum Gasteiger partial charge on any atom is -0.372 e. The van der Waals surface area contributed by atoms with Gasteiger partial charge in [0.25, 0.3) is 0 Å². The Morgan fingerprint density at radius 3 is 2.50 bits per heavy atom. The van der Waals surface area contributed by atoms with Crippen LogP contribution in [0.2, 0.25) is 0 Å². The summed E-state index contributed by atoms with van der Waals surface area (Å²) in [5.74, 6) is 1.68. The summed E-state index contributed by atoms with van der Waals surface area (Å²) in [6.45, 7) is 2.28. The van der Waals surface area contributed by atoms with Gasteiger partial charge in [-0.3, -0.25) is 4.98 Å². The lowest BCUT2D eigenvalue weighted by atomic mass is 9.83. The number of hydrogen-bond acceptors (Lipinski definition) is 4. The van der Waals surface area contributed by atoms with E-state index in [1.807, 2.05) is 7.05 Å². The van der Waals surface area contributed by atoms with E-state index in [0.717, 1.165) is 11.6 Å². The Labute approximate surface area is 96.9 Å². The molecule has 1 fully saturated rings. The summed E-state index contributed by atoms with van der Waals surface area (Å²) < 4.78 is 0. The molecule has 16 heavy (non-hydrogen) atoms. The van der Waals surface area contributed by atoms with Crippen molar-refractivity contribution in [2.75, 3.05) is 17.7 Å². The average molecular weight is 220 g/mol. The van der Waals surface area contributed by atoms with E-state index in [0.29, 0.717) is 0 Å². The van der Waals surface area contributed by atoms with Gasteiger partial charge in [-0.2, -0.15) is 0 Å². The van der Waals surface area contributed by atoms with Gasteiger partial charge >= 0.3 is 0 Å². The molecule has 0 amide bonds. The third-order valence-electron chi connectivity index (χ3n) is 3.28. The molecule has 2 N–H and O–H groups in total. The number of hydrogen-bond donors (Lipinski definition) is 2. The van der Waals surface area contributed by atoms with Gasteiger partial charge in [-0.15, -0.1) is 0 Å². The molecule has 4 nitrogen and oxygen atoms in total. The maximum absolute atomic E-state index is 4.45. The van der Waals surface area contributed by atoms with Crippen LogP contribution in [0.3, 0.4) is 0 Å². The quantitative estimate of drug-likeness (QED) is 0.822. The SMILES string of the molecule is CNc1cncc(NC2(C)CCCCC2)n1. The van der Waals surface area contributed by atoms with Crippen molar-refractivity contribution in [3.05, 3.63) is 12.4 Å². The second kappa shape index (κ2) is 4.68. The van der Waals surface area contributed by atoms with Crippen molar-refractivity contribution in [3.8, 4) is 0 Å². The lowest BCUT2D eigenvalue weighted by Gasteiger charge is -2.34. The van der Waals surface area contributed by atoms with Gasteiger partial charge < -0.3 is 10.6 Å². The standard InChI is InChI=1S/C12H20N4/c1-12(6-4-3-5-7-12)16-11-9-14-8-10(13-2)15-11/h8-9H,3-7H2,1-2H3,(H2,13,15,16). The summed E-state index contributed by atoms with van der Waals surface area (Å²) in [6.07, 6.45) is 9.94. The minimum atomic E-state index is 0.194. The van der Waals surface area contributed by atoms with Crippen LogP contribution in [-0.4, -0.2) is 22.6 Å². The highest BCUT2D eigenvalue weighted by atomic mass is 15.1. The maximum Gasteiger partial charge on any atom is 0.147 e. The predicted molar refractivity (Wildman–Crippen MR) is 66.7 cm³/mol. The number of rotatable bonds is 3. The Morgan fingerprint density at radius 2 is 1.81 bits per heavy atom. The molecule has 0 saturated heterocycles. The van der Waals surface area contributed by atoms with Gasteiger partial charge in [0, 0.05) is 12.6 Å². The van der Waals surface area contributed by atoms with E-state index in [-0.39, 0.29) is 5.54 Å². The molecule has 1 saturated carbocycles. The fourth-order valence-electron chi connectivity index (χ4n) is 2.31. The van der Waals surface area contributed by atoms with Crippen LogP contribution < -0.4 is 10.6 Å². The molecule has 0 spiro atoms. The molecule has 1 aliphatic carbocycles. The molecule has 0 bridgehead atoms. The Morgan fingerprint density at radius 1 is 1.12 bits per heavy atom. The smallest absolute Gasteiger partial charge is 0.147 e. The van der Waals surface area contributed by atoms with E-state index in [1.165, 1.54) is 32.1 Å². The molecule has 0 radical (unpaired) electrons. The highest BCUT2D eigenvalue weighted by Crippen LogP contribution is 2.30. The molecule has 0 unspecified atom stereocenters. The maximum atomic E-state index is 4.45. The van der Waals surface area contributed by atoms with Crippen LogP contribution in [0, 0.1) is 0 Å². The van der Waals surface area contributed by atoms with Gasteiger partial charge in [0.2, 0.25) is 0 Å². The Hall–Kier alpha value is -1.32. The largest absolute Gasteiger partial charge is 0.372 e. The summed E-state index contributed by atoms with van der Waals surface area (Å²) in [6, 6.07) is 0.